The second-order valence-corrected chi connectivity index (χ2v) is 7.08. The molecule has 0 fully saturated rings. The van der Waals surface area contributed by atoms with Crippen LogP contribution in [0.5, 0.6) is 0 Å². The third kappa shape index (κ3) is 5.36. The quantitative estimate of drug-likeness (QED) is 0.803. The number of hydrogen-bond acceptors (Lipinski definition) is 4. The van der Waals surface area contributed by atoms with Crippen molar-refractivity contribution in [3.63, 3.8) is 0 Å². The zero-order valence-electron chi connectivity index (χ0n) is 13.6. The fourth-order valence-electron chi connectivity index (χ4n) is 2.21. The van der Waals surface area contributed by atoms with Crippen LogP contribution in [-0.4, -0.2) is 27.7 Å². The van der Waals surface area contributed by atoms with Gasteiger partial charge in [0.1, 0.15) is 0 Å². The smallest absolute Gasteiger partial charge is 0.251 e. The van der Waals surface area contributed by atoms with E-state index in [4.69, 9.17) is 4.74 Å². The Bertz CT molecular complexity index is 802. The second-order valence-electron chi connectivity index (χ2n) is 5.34. The van der Waals surface area contributed by atoms with E-state index in [1.807, 2.05) is 24.3 Å². The summed E-state index contributed by atoms with van der Waals surface area (Å²) >= 11 is 0. The maximum absolute atomic E-state index is 12.2. The van der Waals surface area contributed by atoms with Crippen LogP contribution in [0.2, 0.25) is 0 Å². The maximum atomic E-state index is 12.2. The van der Waals surface area contributed by atoms with E-state index in [1.54, 1.807) is 31.4 Å². The van der Waals surface area contributed by atoms with Crippen LogP contribution in [0.25, 0.3) is 0 Å². The van der Waals surface area contributed by atoms with Gasteiger partial charge in [-0.2, -0.15) is 0 Å². The first-order valence-electron chi connectivity index (χ1n) is 7.31. The molecule has 0 bridgehead atoms. The number of anilines is 1. The van der Waals surface area contributed by atoms with Gasteiger partial charge < -0.3 is 10.1 Å². The summed E-state index contributed by atoms with van der Waals surface area (Å²) in [6.45, 7) is 0.875. The van der Waals surface area contributed by atoms with Gasteiger partial charge in [-0.05, 0) is 35.4 Å². The molecule has 0 saturated carbocycles. The average Bonchev–Trinajstić information content (AvgIpc) is 2.53. The predicted octanol–water partition coefficient (Wildman–Crippen LogP) is 2.13. The molecular weight excluding hydrogens is 328 g/mol. The zero-order valence-corrected chi connectivity index (χ0v) is 14.4. The number of rotatable bonds is 7. The summed E-state index contributed by atoms with van der Waals surface area (Å²) in [6, 6.07) is 14.0. The van der Waals surface area contributed by atoms with E-state index >= 15 is 0 Å². The van der Waals surface area contributed by atoms with Gasteiger partial charge in [0, 0.05) is 24.9 Å². The minimum absolute atomic E-state index is 0.229. The Morgan fingerprint density at radius 3 is 2.25 bits per heavy atom. The van der Waals surface area contributed by atoms with Crippen molar-refractivity contribution < 1.29 is 17.9 Å². The average molecular weight is 348 g/mol. The Balaban J connectivity index is 2.00. The first kappa shape index (κ1) is 18.0. The van der Waals surface area contributed by atoms with Gasteiger partial charge >= 0.3 is 0 Å². The number of benzene rings is 2. The minimum atomic E-state index is -3.33. The largest absolute Gasteiger partial charge is 0.380 e. The molecule has 7 heteroatoms. The lowest BCUT2D eigenvalue weighted by Gasteiger charge is -2.10. The van der Waals surface area contributed by atoms with Crippen molar-refractivity contribution in [3.8, 4) is 0 Å². The standard InChI is InChI=1S/C17H20N2O4S/c1-23-12-15-6-4-3-5-14(15)11-18-17(20)13-7-9-16(10-8-13)19-24(2,21)22/h3-10,19H,11-12H2,1-2H3,(H,18,20). The molecule has 0 heterocycles. The molecule has 24 heavy (non-hydrogen) atoms. The molecule has 2 N–H and O–H groups in total. The summed E-state index contributed by atoms with van der Waals surface area (Å²) in [4.78, 5) is 12.2. The van der Waals surface area contributed by atoms with E-state index < -0.39 is 10.0 Å². The summed E-state index contributed by atoms with van der Waals surface area (Å²) in [7, 11) is -1.70. The number of carbonyl (C=O) groups is 1. The third-order valence-electron chi connectivity index (χ3n) is 3.31. The van der Waals surface area contributed by atoms with Crippen molar-refractivity contribution in [1.29, 1.82) is 0 Å². The van der Waals surface area contributed by atoms with Gasteiger partial charge in [0.25, 0.3) is 5.91 Å². The van der Waals surface area contributed by atoms with Crippen molar-refractivity contribution in [2.75, 3.05) is 18.1 Å². The lowest BCUT2D eigenvalue weighted by molar-refractivity contribution is 0.0950. The van der Waals surface area contributed by atoms with Gasteiger partial charge in [-0.15, -0.1) is 0 Å². The Morgan fingerprint density at radius 2 is 1.67 bits per heavy atom. The van der Waals surface area contributed by atoms with Crippen LogP contribution >= 0.6 is 0 Å². The van der Waals surface area contributed by atoms with Crippen molar-refractivity contribution in [3.05, 3.63) is 65.2 Å². The molecule has 0 aliphatic carbocycles. The summed E-state index contributed by atoms with van der Waals surface area (Å²) < 4.78 is 29.8. The zero-order chi connectivity index (χ0) is 17.6. The van der Waals surface area contributed by atoms with Gasteiger partial charge in [0.05, 0.1) is 12.9 Å². The third-order valence-corrected chi connectivity index (χ3v) is 3.91. The van der Waals surface area contributed by atoms with E-state index in [2.05, 4.69) is 10.0 Å². The summed E-state index contributed by atoms with van der Waals surface area (Å²) in [5.41, 5.74) is 2.88. The molecule has 0 aromatic heterocycles. The van der Waals surface area contributed by atoms with Gasteiger partial charge in [-0.3, -0.25) is 9.52 Å². The highest BCUT2D eigenvalue weighted by Gasteiger charge is 2.08. The van der Waals surface area contributed by atoms with Crippen LogP contribution in [-0.2, 0) is 27.9 Å². The van der Waals surface area contributed by atoms with E-state index in [1.165, 1.54) is 0 Å². The Morgan fingerprint density at radius 1 is 1.04 bits per heavy atom. The van der Waals surface area contributed by atoms with Crippen LogP contribution in [0, 0.1) is 0 Å². The van der Waals surface area contributed by atoms with Gasteiger partial charge in [-0.25, -0.2) is 8.42 Å². The highest BCUT2D eigenvalue weighted by molar-refractivity contribution is 7.92. The highest BCUT2D eigenvalue weighted by atomic mass is 32.2. The van der Waals surface area contributed by atoms with Crippen molar-refractivity contribution in [1.82, 2.24) is 5.32 Å². The second kappa shape index (κ2) is 7.94. The van der Waals surface area contributed by atoms with Gasteiger partial charge in [0.15, 0.2) is 0 Å². The number of methoxy groups -OCH3 is 1. The molecule has 6 nitrogen and oxygen atoms in total. The van der Waals surface area contributed by atoms with Crippen LogP contribution < -0.4 is 10.0 Å². The lowest BCUT2D eigenvalue weighted by atomic mass is 10.1. The Labute approximate surface area is 141 Å². The molecule has 2 aromatic carbocycles. The topological polar surface area (TPSA) is 84.5 Å². The Hall–Kier alpha value is -2.38. The summed E-state index contributed by atoms with van der Waals surface area (Å²) in [6.07, 6.45) is 1.07. The summed E-state index contributed by atoms with van der Waals surface area (Å²) in [5, 5.41) is 2.85. The molecular formula is C17H20N2O4S. The van der Waals surface area contributed by atoms with Crippen LogP contribution in [0.1, 0.15) is 21.5 Å². The number of carbonyl (C=O) groups excluding carboxylic acids is 1. The Kier molecular flexibility index (Phi) is 5.94. The molecule has 0 aliphatic rings. The lowest BCUT2D eigenvalue weighted by Crippen LogP contribution is -2.23. The number of sulfonamides is 1. The number of nitrogens with one attached hydrogen (secondary N) is 2. The van der Waals surface area contributed by atoms with Crippen molar-refractivity contribution in [2.24, 2.45) is 0 Å². The maximum Gasteiger partial charge on any atom is 0.251 e. The SMILES string of the molecule is COCc1ccccc1CNC(=O)c1ccc(NS(C)(=O)=O)cc1. The first-order chi connectivity index (χ1) is 11.4. The predicted molar refractivity (Wildman–Crippen MR) is 93.2 cm³/mol. The van der Waals surface area contributed by atoms with E-state index in [0.29, 0.717) is 24.4 Å². The molecule has 0 radical (unpaired) electrons. The molecule has 0 aliphatic heterocycles. The highest BCUT2D eigenvalue weighted by Crippen LogP contribution is 2.12. The minimum Gasteiger partial charge on any atom is -0.380 e. The van der Waals surface area contributed by atoms with E-state index in [9.17, 15) is 13.2 Å². The molecule has 2 rings (SSSR count). The molecule has 128 valence electrons. The normalized spacial score (nSPS) is 11.1. The molecule has 0 saturated heterocycles. The van der Waals surface area contributed by atoms with Gasteiger partial charge in [-0.1, -0.05) is 24.3 Å². The fourth-order valence-corrected chi connectivity index (χ4v) is 2.77. The molecule has 0 unspecified atom stereocenters. The molecule has 2 aromatic rings. The fraction of sp³-hybridized carbons (Fsp3) is 0.235. The number of amides is 1. The van der Waals surface area contributed by atoms with Gasteiger partial charge in [0.2, 0.25) is 10.0 Å². The number of hydrogen-bond donors (Lipinski definition) is 2. The monoisotopic (exact) mass is 348 g/mol. The summed E-state index contributed by atoms with van der Waals surface area (Å²) in [5.74, 6) is -0.229. The van der Waals surface area contributed by atoms with Crippen LogP contribution in [0.15, 0.2) is 48.5 Å². The molecule has 1 amide bonds. The molecule has 0 atom stereocenters. The number of ether oxygens (including phenoxy) is 1. The van der Waals surface area contributed by atoms with Crippen molar-refractivity contribution >= 4 is 21.6 Å². The van der Waals surface area contributed by atoms with E-state index in [0.717, 1.165) is 17.4 Å². The van der Waals surface area contributed by atoms with E-state index in [-0.39, 0.29) is 5.91 Å². The van der Waals surface area contributed by atoms with Crippen LogP contribution in [0.4, 0.5) is 5.69 Å². The van der Waals surface area contributed by atoms with Crippen molar-refractivity contribution in [2.45, 2.75) is 13.2 Å². The molecule has 0 spiro atoms. The van der Waals surface area contributed by atoms with Crippen LogP contribution in [0.3, 0.4) is 0 Å². The first-order valence-corrected chi connectivity index (χ1v) is 9.20.